The van der Waals surface area contributed by atoms with E-state index in [1.165, 1.54) is 13.0 Å². The minimum absolute atomic E-state index is 0.0806. The first kappa shape index (κ1) is 24.8. The van der Waals surface area contributed by atoms with Crippen LogP contribution in [0.15, 0.2) is 48.7 Å². The molecule has 5 nitrogen and oxygen atoms in total. The number of hydrogen-bond acceptors (Lipinski definition) is 4. The number of anilines is 2. The molecule has 1 aliphatic rings. The molecular weight excluding hydrogens is 453 g/mol. The SMILES string of the molecule is CC(=O)N1C[C@@H](C)N(c2ccc3nccc(N[C@H](C)c4cccc(C(F)(F)F)c4C)c3c2)C[C@@H]1C. The van der Waals surface area contributed by atoms with E-state index < -0.39 is 11.7 Å². The molecule has 0 radical (unpaired) electrons. The zero-order valence-corrected chi connectivity index (χ0v) is 20.6. The normalized spacial score (nSPS) is 19.7. The second-order valence-corrected chi connectivity index (χ2v) is 9.47. The second-order valence-electron chi connectivity index (χ2n) is 9.47. The monoisotopic (exact) mass is 484 g/mol. The molecular formula is C27H31F3N4O. The molecule has 1 aliphatic heterocycles. The Hall–Kier alpha value is -3.29. The van der Waals surface area contributed by atoms with Crippen molar-refractivity contribution in [3.8, 4) is 0 Å². The smallest absolute Gasteiger partial charge is 0.378 e. The Morgan fingerprint density at radius 3 is 2.54 bits per heavy atom. The van der Waals surface area contributed by atoms with Crippen molar-refractivity contribution >= 4 is 28.2 Å². The lowest BCUT2D eigenvalue weighted by Crippen LogP contribution is -2.57. The maximum atomic E-state index is 13.4. The number of benzene rings is 2. The van der Waals surface area contributed by atoms with E-state index in [1.54, 1.807) is 19.2 Å². The number of fused-ring (bicyclic) bond motifs is 1. The van der Waals surface area contributed by atoms with Crippen molar-refractivity contribution in [3.63, 3.8) is 0 Å². The second kappa shape index (κ2) is 9.40. The highest BCUT2D eigenvalue weighted by Gasteiger charge is 2.33. The van der Waals surface area contributed by atoms with Gasteiger partial charge in [0.15, 0.2) is 0 Å². The fraction of sp³-hybridized carbons (Fsp3) is 0.407. The van der Waals surface area contributed by atoms with Crippen molar-refractivity contribution in [2.75, 3.05) is 23.3 Å². The standard InChI is InChI=1S/C27H31F3N4O/c1-16-15-34(17(2)14-33(16)20(5)35)21-9-10-25-23(13-21)26(11-12-31-25)32-19(4)22-7-6-8-24(18(22)3)27(28,29)30/h6-13,16-17,19H,14-15H2,1-5H3,(H,31,32)/t16-,17+,19+/m0/s1. The van der Waals surface area contributed by atoms with E-state index in [-0.39, 0.29) is 29.6 Å². The number of aromatic nitrogens is 1. The first-order chi connectivity index (χ1) is 16.5. The van der Waals surface area contributed by atoms with Crippen LogP contribution in [-0.4, -0.2) is 41.0 Å². The Morgan fingerprint density at radius 2 is 1.86 bits per heavy atom. The van der Waals surface area contributed by atoms with Crippen molar-refractivity contribution in [1.29, 1.82) is 0 Å². The van der Waals surface area contributed by atoms with Crippen LogP contribution in [0.25, 0.3) is 10.9 Å². The van der Waals surface area contributed by atoms with Crippen molar-refractivity contribution in [2.24, 2.45) is 0 Å². The van der Waals surface area contributed by atoms with Crippen LogP contribution >= 0.6 is 0 Å². The molecule has 35 heavy (non-hydrogen) atoms. The Balaban J connectivity index is 1.65. The van der Waals surface area contributed by atoms with Crippen LogP contribution in [0.1, 0.15) is 50.4 Å². The lowest BCUT2D eigenvalue weighted by atomic mass is 9.97. The fourth-order valence-electron chi connectivity index (χ4n) is 5.10. The minimum Gasteiger partial charge on any atom is -0.378 e. The molecule has 8 heteroatoms. The molecule has 1 fully saturated rings. The third kappa shape index (κ3) is 4.92. The summed E-state index contributed by atoms with van der Waals surface area (Å²) >= 11 is 0. The van der Waals surface area contributed by atoms with Crippen LogP contribution in [0.5, 0.6) is 0 Å². The van der Waals surface area contributed by atoms with Gasteiger partial charge >= 0.3 is 6.18 Å². The van der Waals surface area contributed by atoms with Crippen LogP contribution < -0.4 is 10.2 Å². The molecule has 0 bridgehead atoms. The Kier molecular flexibility index (Phi) is 6.66. The third-order valence-corrected chi connectivity index (χ3v) is 6.97. The van der Waals surface area contributed by atoms with Crippen LogP contribution in [0, 0.1) is 6.92 Å². The molecule has 4 rings (SSSR count). The van der Waals surface area contributed by atoms with E-state index >= 15 is 0 Å². The van der Waals surface area contributed by atoms with E-state index in [4.69, 9.17) is 0 Å². The van der Waals surface area contributed by atoms with Gasteiger partial charge in [-0.1, -0.05) is 12.1 Å². The topological polar surface area (TPSA) is 48.5 Å². The molecule has 1 N–H and O–H groups in total. The Bertz CT molecular complexity index is 1240. The van der Waals surface area contributed by atoms with Crippen molar-refractivity contribution in [1.82, 2.24) is 9.88 Å². The van der Waals surface area contributed by atoms with E-state index in [1.807, 2.05) is 30.0 Å². The lowest BCUT2D eigenvalue weighted by molar-refractivity contribution is -0.138. The molecule has 1 amide bonds. The van der Waals surface area contributed by atoms with Gasteiger partial charge in [-0.25, -0.2) is 0 Å². The maximum absolute atomic E-state index is 13.4. The van der Waals surface area contributed by atoms with Gasteiger partial charge in [0.1, 0.15) is 0 Å². The number of nitrogens with one attached hydrogen (secondary N) is 1. The number of rotatable bonds is 4. The zero-order chi connectivity index (χ0) is 25.5. The third-order valence-electron chi connectivity index (χ3n) is 6.97. The highest BCUT2D eigenvalue weighted by Crippen LogP contribution is 2.36. The summed E-state index contributed by atoms with van der Waals surface area (Å²) in [7, 11) is 0. The van der Waals surface area contributed by atoms with Crippen LogP contribution in [0.3, 0.4) is 0 Å². The molecule has 186 valence electrons. The van der Waals surface area contributed by atoms with Crippen LogP contribution in [0.2, 0.25) is 0 Å². The summed E-state index contributed by atoms with van der Waals surface area (Å²) in [4.78, 5) is 20.6. The molecule has 3 aromatic rings. The Morgan fingerprint density at radius 1 is 1.11 bits per heavy atom. The Labute approximate surface area is 203 Å². The van der Waals surface area contributed by atoms with Gasteiger partial charge in [-0.15, -0.1) is 0 Å². The highest BCUT2D eigenvalue weighted by molar-refractivity contribution is 5.93. The number of halogens is 3. The summed E-state index contributed by atoms with van der Waals surface area (Å²) in [5, 5.41) is 4.31. The van der Waals surface area contributed by atoms with Crippen molar-refractivity contribution < 1.29 is 18.0 Å². The molecule has 0 aliphatic carbocycles. The van der Waals surface area contributed by atoms with Gasteiger partial charge in [-0.2, -0.15) is 13.2 Å². The minimum atomic E-state index is -4.39. The van der Waals surface area contributed by atoms with E-state index in [9.17, 15) is 18.0 Å². The average Bonchev–Trinajstić information content (AvgIpc) is 2.79. The predicted octanol–water partition coefficient (Wildman–Crippen LogP) is 6.18. The van der Waals surface area contributed by atoms with E-state index in [2.05, 4.69) is 35.1 Å². The van der Waals surface area contributed by atoms with Gasteiger partial charge in [0.05, 0.1) is 11.1 Å². The molecule has 0 spiro atoms. The average molecular weight is 485 g/mol. The fourth-order valence-corrected chi connectivity index (χ4v) is 5.10. The molecule has 2 heterocycles. The summed E-state index contributed by atoms with van der Waals surface area (Å²) in [6, 6.07) is 12.1. The molecule has 1 saturated heterocycles. The number of nitrogens with zero attached hydrogens (tertiary/aromatic N) is 3. The molecule has 0 saturated carbocycles. The van der Waals surface area contributed by atoms with Gasteiger partial charge < -0.3 is 15.1 Å². The molecule has 3 atom stereocenters. The van der Waals surface area contributed by atoms with E-state index in [0.29, 0.717) is 12.1 Å². The highest BCUT2D eigenvalue weighted by atomic mass is 19.4. The van der Waals surface area contributed by atoms with Gasteiger partial charge in [-0.3, -0.25) is 9.78 Å². The number of alkyl halides is 3. The summed E-state index contributed by atoms with van der Waals surface area (Å²) in [5.74, 6) is 0.0806. The summed E-state index contributed by atoms with van der Waals surface area (Å²) in [6.07, 6.45) is -2.69. The number of hydrogen-bond donors (Lipinski definition) is 1. The number of amides is 1. The first-order valence-electron chi connectivity index (χ1n) is 11.8. The predicted molar refractivity (Wildman–Crippen MR) is 134 cm³/mol. The summed E-state index contributed by atoms with van der Waals surface area (Å²) in [6.45, 7) is 10.5. The number of pyridine rings is 1. The van der Waals surface area contributed by atoms with Gasteiger partial charge in [0.2, 0.25) is 5.91 Å². The van der Waals surface area contributed by atoms with Gasteiger partial charge in [0.25, 0.3) is 0 Å². The summed E-state index contributed by atoms with van der Waals surface area (Å²) in [5.41, 5.74) is 2.85. The first-order valence-corrected chi connectivity index (χ1v) is 11.8. The summed E-state index contributed by atoms with van der Waals surface area (Å²) < 4.78 is 40.3. The van der Waals surface area contributed by atoms with Crippen LogP contribution in [-0.2, 0) is 11.0 Å². The van der Waals surface area contributed by atoms with Crippen molar-refractivity contribution in [3.05, 3.63) is 65.4 Å². The van der Waals surface area contributed by atoms with Crippen molar-refractivity contribution in [2.45, 2.75) is 58.9 Å². The largest absolute Gasteiger partial charge is 0.416 e. The van der Waals surface area contributed by atoms with Gasteiger partial charge in [0, 0.05) is 61.1 Å². The quantitative estimate of drug-likeness (QED) is 0.480. The molecule has 2 aromatic carbocycles. The zero-order valence-electron chi connectivity index (χ0n) is 20.6. The van der Waals surface area contributed by atoms with Gasteiger partial charge in [-0.05, 0) is 69.2 Å². The molecule has 1 aromatic heterocycles. The molecule has 0 unspecified atom stereocenters. The lowest BCUT2D eigenvalue weighted by Gasteiger charge is -2.45. The number of carbonyl (C=O) groups is 1. The number of piperazine rings is 1. The number of carbonyl (C=O) groups excluding carboxylic acids is 1. The van der Waals surface area contributed by atoms with E-state index in [0.717, 1.165) is 34.9 Å². The maximum Gasteiger partial charge on any atom is 0.416 e. The van der Waals surface area contributed by atoms with Crippen LogP contribution in [0.4, 0.5) is 24.5 Å².